The first-order chi connectivity index (χ1) is 14.5. The SMILES string of the molecule is Cl.O=[N+]([O-])c1c(Nc2ccc(Cl)cc2)nc(N2CCNCC2)nc1N1CCS(=O)CC1. The third-order valence-corrected chi connectivity index (χ3v) is 6.55. The van der Waals surface area contributed by atoms with Crippen molar-refractivity contribution in [1.29, 1.82) is 0 Å². The summed E-state index contributed by atoms with van der Waals surface area (Å²) < 4.78 is 11.8. The van der Waals surface area contributed by atoms with Gasteiger partial charge < -0.3 is 20.4 Å². The normalized spacial score (nSPS) is 17.2. The highest BCUT2D eigenvalue weighted by atomic mass is 35.5. The summed E-state index contributed by atoms with van der Waals surface area (Å²) >= 11 is 5.96. The fourth-order valence-corrected chi connectivity index (χ4v) is 4.61. The van der Waals surface area contributed by atoms with Crippen molar-refractivity contribution in [2.45, 2.75) is 0 Å². The fourth-order valence-electron chi connectivity index (χ4n) is 3.43. The van der Waals surface area contributed by atoms with Crippen LogP contribution < -0.4 is 20.4 Å². The molecule has 0 saturated carbocycles. The van der Waals surface area contributed by atoms with Crippen molar-refractivity contribution >= 4 is 63.8 Å². The van der Waals surface area contributed by atoms with Gasteiger partial charge in [0.15, 0.2) is 0 Å². The van der Waals surface area contributed by atoms with Gasteiger partial charge in [0.1, 0.15) is 0 Å². The van der Waals surface area contributed by atoms with Crippen molar-refractivity contribution in [3.8, 4) is 0 Å². The summed E-state index contributed by atoms with van der Waals surface area (Å²) in [5.74, 6) is 1.76. The van der Waals surface area contributed by atoms with Gasteiger partial charge in [-0.05, 0) is 24.3 Å². The molecule has 0 aliphatic carbocycles. The molecule has 2 fully saturated rings. The number of aromatic nitrogens is 2. The molecule has 0 unspecified atom stereocenters. The first kappa shape index (κ1) is 23.5. The van der Waals surface area contributed by atoms with Crippen LogP contribution in [-0.4, -0.2) is 69.9 Å². The largest absolute Gasteiger partial charge is 0.353 e. The third-order valence-electron chi connectivity index (χ3n) is 5.02. The summed E-state index contributed by atoms with van der Waals surface area (Å²) in [4.78, 5) is 24.5. The van der Waals surface area contributed by atoms with E-state index < -0.39 is 15.7 Å². The molecule has 2 aromatic rings. The first-order valence-electron chi connectivity index (χ1n) is 9.66. The molecule has 168 valence electrons. The highest BCUT2D eigenvalue weighted by Crippen LogP contribution is 2.37. The Labute approximate surface area is 193 Å². The Bertz CT molecular complexity index is 948. The maximum Gasteiger partial charge on any atom is 0.353 e. The van der Waals surface area contributed by atoms with Gasteiger partial charge in [0.05, 0.1) is 4.92 Å². The molecule has 2 N–H and O–H groups in total. The molecule has 0 spiro atoms. The number of nitro groups is 1. The smallest absolute Gasteiger partial charge is 0.349 e. The van der Waals surface area contributed by atoms with Gasteiger partial charge in [-0.2, -0.15) is 9.97 Å². The Hall–Kier alpha value is -2.21. The van der Waals surface area contributed by atoms with E-state index in [4.69, 9.17) is 11.6 Å². The summed E-state index contributed by atoms with van der Waals surface area (Å²) in [6, 6.07) is 6.88. The van der Waals surface area contributed by atoms with Gasteiger partial charge in [0.25, 0.3) is 0 Å². The molecular formula is C18H23Cl2N7O3S. The molecule has 0 bridgehead atoms. The van der Waals surface area contributed by atoms with Gasteiger partial charge in [0.2, 0.25) is 17.6 Å². The van der Waals surface area contributed by atoms with E-state index in [-0.39, 0.29) is 29.7 Å². The van der Waals surface area contributed by atoms with Gasteiger partial charge in [-0.1, -0.05) is 11.6 Å². The predicted octanol–water partition coefficient (Wildman–Crippen LogP) is 2.18. The first-order valence-corrected chi connectivity index (χ1v) is 11.5. The maximum atomic E-state index is 12.0. The van der Waals surface area contributed by atoms with Crippen LogP contribution in [0.1, 0.15) is 0 Å². The fraction of sp³-hybridized carbons (Fsp3) is 0.444. The zero-order chi connectivity index (χ0) is 21.1. The van der Waals surface area contributed by atoms with Crippen LogP contribution in [0.15, 0.2) is 24.3 Å². The number of nitrogens with one attached hydrogen (secondary N) is 2. The molecule has 0 amide bonds. The maximum absolute atomic E-state index is 12.0. The van der Waals surface area contributed by atoms with Crippen molar-refractivity contribution in [3.05, 3.63) is 39.4 Å². The van der Waals surface area contributed by atoms with Gasteiger partial charge in [-0.3, -0.25) is 14.3 Å². The van der Waals surface area contributed by atoms with Crippen LogP contribution in [0.2, 0.25) is 5.02 Å². The molecule has 0 radical (unpaired) electrons. The summed E-state index contributed by atoms with van der Waals surface area (Å²) in [6.07, 6.45) is 0. The van der Waals surface area contributed by atoms with Crippen molar-refractivity contribution in [1.82, 2.24) is 15.3 Å². The molecular weight excluding hydrogens is 465 g/mol. The highest BCUT2D eigenvalue weighted by Gasteiger charge is 2.32. The van der Waals surface area contributed by atoms with E-state index in [2.05, 4.69) is 20.6 Å². The van der Waals surface area contributed by atoms with E-state index in [9.17, 15) is 14.3 Å². The van der Waals surface area contributed by atoms with Crippen LogP contribution >= 0.6 is 24.0 Å². The molecule has 2 aliphatic rings. The average molecular weight is 488 g/mol. The number of anilines is 4. The van der Waals surface area contributed by atoms with Gasteiger partial charge in [0, 0.05) is 72.3 Å². The van der Waals surface area contributed by atoms with Crippen molar-refractivity contribution in [3.63, 3.8) is 0 Å². The summed E-state index contributed by atoms with van der Waals surface area (Å²) in [6.45, 7) is 3.90. The monoisotopic (exact) mass is 487 g/mol. The Morgan fingerprint density at radius 2 is 1.71 bits per heavy atom. The highest BCUT2D eigenvalue weighted by molar-refractivity contribution is 7.85. The van der Waals surface area contributed by atoms with Crippen LogP contribution in [0.5, 0.6) is 0 Å². The zero-order valence-corrected chi connectivity index (χ0v) is 19.0. The zero-order valence-electron chi connectivity index (χ0n) is 16.6. The van der Waals surface area contributed by atoms with E-state index in [1.807, 2.05) is 9.80 Å². The second kappa shape index (κ2) is 10.4. The Morgan fingerprint density at radius 1 is 1.06 bits per heavy atom. The van der Waals surface area contributed by atoms with Crippen LogP contribution in [0.25, 0.3) is 0 Å². The summed E-state index contributed by atoms with van der Waals surface area (Å²) in [5, 5.41) is 19.0. The lowest BCUT2D eigenvalue weighted by atomic mass is 10.3. The average Bonchev–Trinajstić information content (AvgIpc) is 2.76. The van der Waals surface area contributed by atoms with Gasteiger partial charge in [-0.15, -0.1) is 12.4 Å². The Kier molecular flexibility index (Phi) is 7.87. The van der Waals surface area contributed by atoms with Crippen molar-refractivity contribution in [2.24, 2.45) is 0 Å². The number of nitrogens with zero attached hydrogens (tertiary/aromatic N) is 5. The van der Waals surface area contributed by atoms with E-state index in [0.29, 0.717) is 54.3 Å². The van der Waals surface area contributed by atoms with Crippen LogP contribution in [0.3, 0.4) is 0 Å². The molecule has 1 aromatic carbocycles. The Balaban J connectivity index is 0.00000272. The molecule has 13 heteroatoms. The molecule has 10 nitrogen and oxygen atoms in total. The van der Waals surface area contributed by atoms with Crippen molar-refractivity contribution < 1.29 is 9.13 Å². The number of hydrogen-bond donors (Lipinski definition) is 2. The summed E-state index contributed by atoms with van der Waals surface area (Å²) in [5.41, 5.74) is 0.453. The van der Waals surface area contributed by atoms with Gasteiger partial charge in [-0.25, -0.2) is 0 Å². The molecule has 2 aliphatic heterocycles. The number of benzene rings is 1. The minimum absolute atomic E-state index is 0. The number of rotatable bonds is 5. The quantitative estimate of drug-likeness (QED) is 0.483. The lowest BCUT2D eigenvalue weighted by molar-refractivity contribution is -0.383. The second-order valence-electron chi connectivity index (χ2n) is 7.01. The summed E-state index contributed by atoms with van der Waals surface area (Å²) in [7, 11) is -0.902. The van der Waals surface area contributed by atoms with Crippen LogP contribution in [0, 0.1) is 10.1 Å². The lowest BCUT2D eigenvalue weighted by Gasteiger charge is -2.31. The molecule has 4 rings (SSSR count). The van der Waals surface area contributed by atoms with Gasteiger partial charge >= 0.3 is 5.69 Å². The second-order valence-corrected chi connectivity index (χ2v) is 9.14. The minimum Gasteiger partial charge on any atom is -0.349 e. The molecule has 1 aromatic heterocycles. The standard InChI is InChI=1S/C18H22ClN7O3S.ClH/c19-13-1-3-14(4-2-13)21-16-15(26(27)28)17(24-9-11-30(29)12-10-24)23-18(22-16)25-7-5-20-6-8-25;/h1-4,20H,5-12H2,(H,21,22,23);1H. The minimum atomic E-state index is -0.902. The number of halogens is 2. The molecule has 31 heavy (non-hydrogen) atoms. The lowest BCUT2D eigenvalue weighted by Crippen LogP contribution is -2.45. The van der Waals surface area contributed by atoms with E-state index >= 15 is 0 Å². The molecule has 3 heterocycles. The van der Waals surface area contributed by atoms with Crippen molar-refractivity contribution in [2.75, 3.05) is 65.9 Å². The van der Waals surface area contributed by atoms with E-state index in [0.717, 1.165) is 13.1 Å². The number of hydrogen-bond acceptors (Lipinski definition) is 9. The Morgan fingerprint density at radius 3 is 2.32 bits per heavy atom. The number of piperazine rings is 1. The van der Waals surface area contributed by atoms with E-state index in [1.165, 1.54) is 0 Å². The molecule has 2 saturated heterocycles. The topological polar surface area (TPSA) is 117 Å². The van der Waals surface area contributed by atoms with E-state index in [1.54, 1.807) is 24.3 Å². The third kappa shape index (κ3) is 5.53. The van der Waals surface area contributed by atoms with Crippen LogP contribution in [0.4, 0.5) is 29.0 Å². The van der Waals surface area contributed by atoms with Crippen LogP contribution in [-0.2, 0) is 10.8 Å². The predicted molar refractivity (Wildman–Crippen MR) is 126 cm³/mol. The molecule has 0 atom stereocenters.